The second-order valence-corrected chi connectivity index (χ2v) is 7.01. The molecule has 2 aromatic rings. The number of urea groups is 2. The van der Waals surface area contributed by atoms with Crippen molar-refractivity contribution >= 4 is 29.6 Å². The van der Waals surface area contributed by atoms with Crippen LogP contribution < -0.4 is 20.7 Å². The van der Waals surface area contributed by atoms with Crippen molar-refractivity contribution in [3.63, 3.8) is 0 Å². The van der Waals surface area contributed by atoms with Gasteiger partial charge in [0.25, 0.3) is 0 Å². The standard InChI is InChI=1S/C20H24N6O5/c1-26(2)20(29)24-17-11-14(5-8-21-17)31-15-3-4-16(22-12-15)23-19(28)25-18(27)13-6-9-30-10-7-13/h3-5,8,11-13H,6-7,9-10H2,1-2H3,(H,21,24,29)(H2,22,23,25,27,28). The minimum Gasteiger partial charge on any atom is -0.456 e. The van der Waals surface area contributed by atoms with Crippen LogP contribution in [0.2, 0.25) is 0 Å². The van der Waals surface area contributed by atoms with Crippen LogP contribution in [0.15, 0.2) is 36.7 Å². The molecule has 0 aromatic carbocycles. The van der Waals surface area contributed by atoms with Gasteiger partial charge in [0.2, 0.25) is 5.91 Å². The van der Waals surface area contributed by atoms with Crippen LogP contribution in [0.25, 0.3) is 0 Å². The number of amides is 5. The molecule has 0 aliphatic carbocycles. The molecule has 11 nitrogen and oxygen atoms in total. The van der Waals surface area contributed by atoms with Crippen LogP contribution in [0.4, 0.5) is 21.2 Å². The molecule has 11 heteroatoms. The summed E-state index contributed by atoms with van der Waals surface area (Å²) >= 11 is 0. The number of nitrogens with one attached hydrogen (secondary N) is 3. The van der Waals surface area contributed by atoms with Crippen LogP contribution in [0.5, 0.6) is 11.5 Å². The van der Waals surface area contributed by atoms with E-state index in [0.717, 1.165) is 0 Å². The molecule has 1 aliphatic rings. The van der Waals surface area contributed by atoms with Crippen molar-refractivity contribution in [1.82, 2.24) is 20.2 Å². The smallest absolute Gasteiger partial charge is 0.327 e. The molecule has 3 heterocycles. The van der Waals surface area contributed by atoms with Crippen molar-refractivity contribution in [2.24, 2.45) is 5.92 Å². The van der Waals surface area contributed by atoms with E-state index < -0.39 is 6.03 Å². The normalized spacial score (nSPS) is 13.7. The van der Waals surface area contributed by atoms with Crippen molar-refractivity contribution in [2.75, 3.05) is 37.9 Å². The number of aromatic nitrogens is 2. The number of imide groups is 1. The zero-order chi connectivity index (χ0) is 22.2. The third-order valence-electron chi connectivity index (χ3n) is 4.42. The Hall–Kier alpha value is -3.73. The van der Waals surface area contributed by atoms with Gasteiger partial charge in [-0.3, -0.25) is 20.7 Å². The zero-order valence-corrected chi connectivity index (χ0v) is 17.3. The molecule has 0 bridgehead atoms. The van der Waals surface area contributed by atoms with Crippen molar-refractivity contribution in [3.05, 3.63) is 36.7 Å². The molecular weight excluding hydrogens is 404 g/mol. The van der Waals surface area contributed by atoms with E-state index in [-0.39, 0.29) is 23.7 Å². The summed E-state index contributed by atoms with van der Waals surface area (Å²) in [5.41, 5.74) is 0. The number of pyridine rings is 2. The van der Waals surface area contributed by atoms with Gasteiger partial charge >= 0.3 is 12.1 Å². The average Bonchev–Trinajstić information content (AvgIpc) is 2.76. The molecule has 0 saturated carbocycles. The van der Waals surface area contributed by atoms with Crippen LogP contribution in [0.3, 0.4) is 0 Å². The Morgan fingerprint density at radius 2 is 1.81 bits per heavy atom. The molecule has 1 fully saturated rings. The molecule has 0 radical (unpaired) electrons. The molecule has 0 unspecified atom stereocenters. The van der Waals surface area contributed by atoms with Gasteiger partial charge in [-0.1, -0.05) is 0 Å². The summed E-state index contributed by atoms with van der Waals surface area (Å²) in [6.45, 7) is 1.04. The third-order valence-corrected chi connectivity index (χ3v) is 4.42. The predicted octanol–water partition coefficient (Wildman–Crippen LogP) is 2.44. The summed E-state index contributed by atoms with van der Waals surface area (Å²) < 4.78 is 10.9. The van der Waals surface area contributed by atoms with Gasteiger partial charge in [0.1, 0.15) is 23.1 Å². The second kappa shape index (κ2) is 10.3. The summed E-state index contributed by atoms with van der Waals surface area (Å²) in [6, 6.07) is 5.41. The Bertz CT molecular complexity index is 928. The van der Waals surface area contributed by atoms with Crippen LogP contribution >= 0.6 is 0 Å². The average molecular weight is 428 g/mol. The lowest BCUT2D eigenvalue weighted by Gasteiger charge is -2.20. The van der Waals surface area contributed by atoms with E-state index in [2.05, 4.69) is 25.9 Å². The van der Waals surface area contributed by atoms with Gasteiger partial charge in [-0.2, -0.15) is 0 Å². The summed E-state index contributed by atoms with van der Waals surface area (Å²) in [7, 11) is 3.25. The second-order valence-electron chi connectivity index (χ2n) is 7.01. The minimum absolute atomic E-state index is 0.226. The topological polar surface area (TPSA) is 135 Å². The Morgan fingerprint density at radius 1 is 1.03 bits per heavy atom. The number of rotatable bonds is 5. The van der Waals surface area contributed by atoms with E-state index in [1.165, 1.54) is 17.3 Å². The van der Waals surface area contributed by atoms with Crippen LogP contribution in [-0.4, -0.2) is 60.1 Å². The lowest BCUT2D eigenvalue weighted by Crippen LogP contribution is -2.40. The molecule has 2 aromatic heterocycles. The van der Waals surface area contributed by atoms with Crippen molar-refractivity contribution in [3.8, 4) is 11.5 Å². The molecule has 0 spiro atoms. The minimum atomic E-state index is -0.645. The van der Waals surface area contributed by atoms with Gasteiger partial charge < -0.3 is 14.4 Å². The van der Waals surface area contributed by atoms with E-state index in [1.807, 2.05) is 0 Å². The first-order valence-corrected chi connectivity index (χ1v) is 9.68. The van der Waals surface area contributed by atoms with E-state index in [1.54, 1.807) is 38.4 Å². The molecule has 3 rings (SSSR count). The number of carbonyl (C=O) groups is 3. The molecule has 0 atom stereocenters. The fraction of sp³-hybridized carbons (Fsp3) is 0.350. The van der Waals surface area contributed by atoms with Gasteiger partial charge in [0, 0.05) is 45.5 Å². The summed E-state index contributed by atoms with van der Waals surface area (Å²) in [6.07, 6.45) is 4.12. The highest BCUT2D eigenvalue weighted by Gasteiger charge is 2.23. The fourth-order valence-corrected chi connectivity index (χ4v) is 2.74. The maximum Gasteiger partial charge on any atom is 0.327 e. The monoisotopic (exact) mass is 428 g/mol. The number of hydrogen-bond acceptors (Lipinski definition) is 7. The summed E-state index contributed by atoms with van der Waals surface area (Å²) in [4.78, 5) is 45.4. The van der Waals surface area contributed by atoms with Crippen molar-refractivity contribution < 1.29 is 23.9 Å². The van der Waals surface area contributed by atoms with Crippen molar-refractivity contribution in [1.29, 1.82) is 0 Å². The summed E-state index contributed by atoms with van der Waals surface area (Å²) in [5.74, 6) is 0.921. The van der Waals surface area contributed by atoms with Gasteiger partial charge in [-0.05, 0) is 31.0 Å². The first-order valence-electron chi connectivity index (χ1n) is 9.68. The van der Waals surface area contributed by atoms with Gasteiger partial charge in [-0.25, -0.2) is 19.6 Å². The highest BCUT2D eigenvalue weighted by Crippen LogP contribution is 2.23. The third kappa shape index (κ3) is 6.64. The SMILES string of the molecule is CN(C)C(=O)Nc1cc(Oc2ccc(NC(=O)NC(=O)C3CCOCC3)nc2)ccn1. The van der Waals surface area contributed by atoms with Gasteiger partial charge in [-0.15, -0.1) is 0 Å². The van der Waals surface area contributed by atoms with Crippen LogP contribution in [0, 0.1) is 5.92 Å². The molecule has 3 N–H and O–H groups in total. The number of hydrogen-bond donors (Lipinski definition) is 3. The quantitative estimate of drug-likeness (QED) is 0.666. The Balaban J connectivity index is 1.52. The number of anilines is 2. The number of ether oxygens (including phenoxy) is 2. The van der Waals surface area contributed by atoms with E-state index in [0.29, 0.717) is 43.4 Å². The Labute approximate surface area is 179 Å². The molecule has 31 heavy (non-hydrogen) atoms. The van der Waals surface area contributed by atoms with Crippen molar-refractivity contribution in [2.45, 2.75) is 12.8 Å². The lowest BCUT2D eigenvalue weighted by molar-refractivity contribution is -0.126. The molecular formula is C20H24N6O5. The largest absolute Gasteiger partial charge is 0.456 e. The first kappa shape index (κ1) is 22.0. The Kier molecular flexibility index (Phi) is 7.33. The van der Waals surface area contributed by atoms with Crippen LogP contribution in [-0.2, 0) is 9.53 Å². The maximum atomic E-state index is 12.1. The predicted molar refractivity (Wildman–Crippen MR) is 112 cm³/mol. The fourth-order valence-electron chi connectivity index (χ4n) is 2.74. The Morgan fingerprint density at radius 3 is 2.48 bits per heavy atom. The van der Waals surface area contributed by atoms with E-state index in [4.69, 9.17) is 9.47 Å². The lowest BCUT2D eigenvalue weighted by atomic mass is 10.00. The van der Waals surface area contributed by atoms with E-state index >= 15 is 0 Å². The molecule has 164 valence electrons. The highest BCUT2D eigenvalue weighted by molar-refractivity contribution is 6.01. The molecule has 1 aliphatic heterocycles. The molecule has 1 saturated heterocycles. The first-order chi connectivity index (χ1) is 14.9. The van der Waals surface area contributed by atoms with E-state index in [9.17, 15) is 14.4 Å². The van der Waals surface area contributed by atoms with Crippen LogP contribution in [0.1, 0.15) is 12.8 Å². The van der Waals surface area contributed by atoms with Gasteiger partial charge in [0.15, 0.2) is 0 Å². The molecule has 5 amide bonds. The number of nitrogens with zero attached hydrogens (tertiary/aromatic N) is 3. The summed E-state index contributed by atoms with van der Waals surface area (Å²) in [5, 5.41) is 7.46. The number of carbonyl (C=O) groups excluding carboxylic acids is 3. The maximum absolute atomic E-state index is 12.1. The zero-order valence-electron chi connectivity index (χ0n) is 17.3. The highest BCUT2D eigenvalue weighted by atomic mass is 16.5. The van der Waals surface area contributed by atoms with Gasteiger partial charge in [0.05, 0.1) is 6.20 Å².